The zero-order chi connectivity index (χ0) is 18.4. The van der Waals surface area contributed by atoms with E-state index in [0.29, 0.717) is 19.5 Å². The Morgan fingerprint density at radius 3 is 2.52 bits per heavy atom. The van der Waals surface area contributed by atoms with Crippen molar-refractivity contribution in [2.45, 2.75) is 39.7 Å². The van der Waals surface area contributed by atoms with Crippen LogP contribution >= 0.6 is 0 Å². The summed E-state index contributed by atoms with van der Waals surface area (Å²) in [5, 5.41) is 8.69. The second-order valence-corrected chi connectivity index (χ2v) is 6.69. The molecule has 1 aromatic carbocycles. The quantitative estimate of drug-likeness (QED) is 0.817. The average molecular weight is 348 g/mol. The SMILES string of the molecule is Cc1ccc(C)c(O[C@@H](C)C(=O)N2CCN(CCCC(=O)O)CC2)c1. The number of ether oxygens (including phenoxy) is 1. The van der Waals surface area contributed by atoms with Crippen molar-refractivity contribution in [3.8, 4) is 5.75 Å². The van der Waals surface area contributed by atoms with E-state index < -0.39 is 12.1 Å². The maximum atomic E-state index is 12.6. The third kappa shape index (κ3) is 5.74. The molecular weight excluding hydrogens is 320 g/mol. The van der Waals surface area contributed by atoms with Crippen LogP contribution in [0, 0.1) is 13.8 Å². The predicted molar refractivity (Wildman–Crippen MR) is 95.9 cm³/mol. The minimum atomic E-state index is -0.758. The molecule has 138 valence electrons. The van der Waals surface area contributed by atoms with Gasteiger partial charge < -0.3 is 14.7 Å². The number of carbonyl (C=O) groups is 2. The standard InChI is InChI=1S/C19H28N2O4/c1-14-6-7-15(2)17(13-14)25-16(3)19(24)21-11-9-20(10-12-21)8-4-5-18(22)23/h6-7,13,16H,4-5,8-12H2,1-3H3,(H,22,23)/t16-/m0/s1. The molecule has 1 saturated heterocycles. The molecule has 0 unspecified atom stereocenters. The number of amides is 1. The van der Waals surface area contributed by atoms with Gasteiger partial charge in [0.2, 0.25) is 0 Å². The number of hydrogen-bond donors (Lipinski definition) is 1. The highest BCUT2D eigenvalue weighted by molar-refractivity contribution is 5.81. The van der Waals surface area contributed by atoms with Gasteiger partial charge >= 0.3 is 5.97 Å². The highest BCUT2D eigenvalue weighted by atomic mass is 16.5. The van der Waals surface area contributed by atoms with Gasteiger partial charge in [-0.1, -0.05) is 12.1 Å². The summed E-state index contributed by atoms with van der Waals surface area (Å²) in [5.41, 5.74) is 2.13. The molecule has 0 bridgehead atoms. The summed E-state index contributed by atoms with van der Waals surface area (Å²) in [7, 11) is 0. The highest BCUT2D eigenvalue weighted by Gasteiger charge is 2.26. The summed E-state index contributed by atoms with van der Waals surface area (Å²) >= 11 is 0. The van der Waals surface area contributed by atoms with Crippen molar-refractivity contribution in [2.75, 3.05) is 32.7 Å². The lowest BCUT2D eigenvalue weighted by Crippen LogP contribution is -2.52. The third-order valence-electron chi connectivity index (χ3n) is 4.54. The molecule has 2 rings (SSSR count). The zero-order valence-electron chi connectivity index (χ0n) is 15.3. The van der Waals surface area contributed by atoms with Gasteiger partial charge in [-0.15, -0.1) is 0 Å². The molecule has 0 saturated carbocycles. The fourth-order valence-corrected chi connectivity index (χ4v) is 2.98. The van der Waals surface area contributed by atoms with Crippen molar-refractivity contribution < 1.29 is 19.4 Å². The Balaban J connectivity index is 1.81. The van der Waals surface area contributed by atoms with Gasteiger partial charge in [0.1, 0.15) is 5.75 Å². The Morgan fingerprint density at radius 2 is 1.88 bits per heavy atom. The Labute approximate surface area is 149 Å². The Hall–Kier alpha value is -2.08. The molecule has 1 heterocycles. The van der Waals surface area contributed by atoms with Crippen LogP contribution in [0.25, 0.3) is 0 Å². The summed E-state index contributed by atoms with van der Waals surface area (Å²) < 4.78 is 5.89. The van der Waals surface area contributed by atoms with Crippen LogP contribution in [0.15, 0.2) is 18.2 Å². The van der Waals surface area contributed by atoms with E-state index in [1.54, 1.807) is 6.92 Å². The molecule has 1 aromatic rings. The van der Waals surface area contributed by atoms with Crippen LogP contribution in [0.3, 0.4) is 0 Å². The molecule has 6 nitrogen and oxygen atoms in total. The molecule has 1 amide bonds. The number of piperazine rings is 1. The summed E-state index contributed by atoms with van der Waals surface area (Å²) in [6.07, 6.45) is 0.328. The summed E-state index contributed by atoms with van der Waals surface area (Å²) in [4.78, 5) is 27.2. The molecule has 25 heavy (non-hydrogen) atoms. The summed E-state index contributed by atoms with van der Waals surface area (Å²) in [6.45, 7) is 9.42. The molecular formula is C19H28N2O4. The second kappa shape index (κ2) is 8.85. The van der Waals surface area contributed by atoms with Crippen LogP contribution < -0.4 is 4.74 Å². The largest absolute Gasteiger partial charge is 0.481 e. The Kier molecular flexibility index (Phi) is 6.82. The maximum Gasteiger partial charge on any atom is 0.303 e. The van der Waals surface area contributed by atoms with Crippen molar-refractivity contribution in [2.24, 2.45) is 0 Å². The van der Waals surface area contributed by atoms with E-state index in [0.717, 1.165) is 36.5 Å². The van der Waals surface area contributed by atoms with Crippen LogP contribution in [0.1, 0.15) is 30.9 Å². The first-order chi connectivity index (χ1) is 11.9. The lowest BCUT2D eigenvalue weighted by atomic mass is 10.1. The van der Waals surface area contributed by atoms with Gasteiger partial charge in [-0.3, -0.25) is 14.5 Å². The molecule has 0 radical (unpaired) electrons. The van der Waals surface area contributed by atoms with E-state index in [-0.39, 0.29) is 12.3 Å². The van der Waals surface area contributed by atoms with Crippen LogP contribution in [-0.4, -0.2) is 65.6 Å². The van der Waals surface area contributed by atoms with Gasteiger partial charge in [0.05, 0.1) is 0 Å². The number of hydrogen-bond acceptors (Lipinski definition) is 4. The molecule has 1 fully saturated rings. The molecule has 1 N–H and O–H groups in total. The highest BCUT2D eigenvalue weighted by Crippen LogP contribution is 2.21. The number of benzene rings is 1. The molecule has 6 heteroatoms. The lowest BCUT2D eigenvalue weighted by Gasteiger charge is -2.35. The first-order valence-corrected chi connectivity index (χ1v) is 8.83. The molecule has 0 aliphatic carbocycles. The second-order valence-electron chi connectivity index (χ2n) is 6.69. The zero-order valence-corrected chi connectivity index (χ0v) is 15.3. The Morgan fingerprint density at radius 1 is 1.20 bits per heavy atom. The van der Waals surface area contributed by atoms with Gasteiger partial charge in [0, 0.05) is 32.6 Å². The minimum Gasteiger partial charge on any atom is -0.481 e. The van der Waals surface area contributed by atoms with Gasteiger partial charge in [0.25, 0.3) is 5.91 Å². The minimum absolute atomic E-state index is 0.00564. The number of carbonyl (C=O) groups excluding carboxylic acids is 1. The topological polar surface area (TPSA) is 70.1 Å². The van der Waals surface area contributed by atoms with Gasteiger partial charge in [-0.2, -0.15) is 0 Å². The van der Waals surface area contributed by atoms with E-state index in [1.165, 1.54) is 0 Å². The molecule has 0 spiro atoms. The number of carboxylic acid groups (broad SMARTS) is 1. The van der Waals surface area contributed by atoms with Crippen molar-refractivity contribution >= 4 is 11.9 Å². The van der Waals surface area contributed by atoms with E-state index in [2.05, 4.69) is 4.90 Å². The first-order valence-electron chi connectivity index (χ1n) is 8.83. The third-order valence-corrected chi connectivity index (χ3v) is 4.54. The van der Waals surface area contributed by atoms with E-state index in [4.69, 9.17) is 9.84 Å². The normalized spacial score (nSPS) is 16.5. The average Bonchev–Trinajstić information content (AvgIpc) is 2.58. The first kappa shape index (κ1) is 19.2. The van der Waals surface area contributed by atoms with Crippen LogP contribution in [0.4, 0.5) is 0 Å². The van der Waals surface area contributed by atoms with Gasteiger partial charge in [0.15, 0.2) is 6.10 Å². The number of rotatable bonds is 7. The summed E-state index contributed by atoms with van der Waals surface area (Å²) in [5.74, 6) is 0.00507. The van der Waals surface area contributed by atoms with Crippen LogP contribution in [-0.2, 0) is 9.59 Å². The fourth-order valence-electron chi connectivity index (χ4n) is 2.98. The lowest BCUT2D eigenvalue weighted by molar-refractivity contribution is -0.139. The number of aryl methyl sites for hydroxylation is 2. The van der Waals surface area contributed by atoms with Gasteiger partial charge in [-0.25, -0.2) is 0 Å². The maximum absolute atomic E-state index is 12.6. The van der Waals surface area contributed by atoms with Crippen molar-refractivity contribution in [3.63, 3.8) is 0 Å². The van der Waals surface area contributed by atoms with Gasteiger partial charge in [-0.05, 0) is 50.9 Å². The van der Waals surface area contributed by atoms with Crippen molar-refractivity contribution in [1.29, 1.82) is 0 Å². The number of nitrogens with zero attached hydrogens (tertiary/aromatic N) is 2. The van der Waals surface area contributed by atoms with Crippen molar-refractivity contribution in [3.05, 3.63) is 29.3 Å². The fraction of sp³-hybridized carbons (Fsp3) is 0.579. The monoisotopic (exact) mass is 348 g/mol. The van der Waals surface area contributed by atoms with Crippen LogP contribution in [0.2, 0.25) is 0 Å². The number of aliphatic carboxylic acids is 1. The molecule has 0 aromatic heterocycles. The molecule has 1 atom stereocenters. The summed E-state index contributed by atoms with van der Waals surface area (Å²) in [6, 6.07) is 5.98. The number of carboxylic acids is 1. The Bertz CT molecular complexity index is 609. The smallest absolute Gasteiger partial charge is 0.303 e. The van der Waals surface area contributed by atoms with E-state index in [1.807, 2.05) is 36.9 Å². The molecule has 1 aliphatic heterocycles. The predicted octanol–water partition coefficient (Wildman–Crippen LogP) is 2.08. The van der Waals surface area contributed by atoms with Crippen LogP contribution in [0.5, 0.6) is 5.75 Å². The van der Waals surface area contributed by atoms with E-state index in [9.17, 15) is 9.59 Å². The van der Waals surface area contributed by atoms with Crippen molar-refractivity contribution in [1.82, 2.24) is 9.80 Å². The van der Waals surface area contributed by atoms with E-state index >= 15 is 0 Å². The molecule has 1 aliphatic rings.